The van der Waals surface area contributed by atoms with E-state index in [9.17, 15) is 13.6 Å². The molecular formula is C13H11F2N3OS. The predicted molar refractivity (Wildman–Crippen MR) is 71.8 cm³/mol. The van der Waals surface area contributed by atoms with Gasteiger partial charge in [0.25, 0.3) is 5.91 Å². The van der Waals surface area contributed by atoms with Gasteiger partial charge in [0.15, 0.2) is 0 Å². The van der Waals surface area contributed by atoms with E-state index in [1.54, 1.807) is 12.1 Å². The first kappa shape index (κ1) is 14.4. The number of hydrogen-bond acceptors (Lipinski definition) is 4. The van der Waals surface area contributed by atoms with Crippen molar-refractivity contribution in [2.24, 2.45) is 5.84 Å². The van der Waals surface area contributed by atoms with Crippen molar-refractivity contribution < 1.29 is 13.6 Å². The van der Waals surface area contributed by atoms with E-state index in [0.717, 1.165) is 30.0 Å². The molecule has 0 aliphatic carbocycles. The van der Waals surface area contributed by atoms with Gasteiger partial charge in [-0.2, -0.15) is 0 Å². The molecule has 2 rings (SSSR count). The zero-order valence-electron chi connectivity index (χ0n) is 10.3. The van der Waals surface area contributed by atoms with Crippen LogP contribution < -0.4 is 11.3 Å². The lowest BCUT2D eigenvalue weighted by molar-refractivity contribution is 0.0953. The molecule has 0 saturated heterocycles. The molecule has 0 atom stereocenters. The Balaban J connectivity index is 2.04. The molecule has 0 spiro atoms. The van der Waals surface area contributed by atoms with Crippen LogP contribution in [0.5, 0.6) is 0 Å². The van der Waals surface area contributed by atoms with E-state index < -0.39 is 17.5 Å². The molecule has 7 heteroatoms. The summed E-state index contributed by atoms with van der Waals surface area (Å²) in [4.78, 5) is 15.5. The van der Waals surface area contributed by atoms with Gasteiger partial charge < -0.3 is 0 Å². The zero-order chi connectivity index (χ0) is 14.5. The Bertz CT molecular complexity index is 620. The third-order valence-electron chi connectivity index (χ3n) is 2.49. The number of nitrogens with one attached hydrogen (secondary N) is 1. The largest absolute Gasteiger partial charge is 0.290 e. The second-order valence-corrected chi connectivity index (χ2v) is 4.89. The molecule has 0 aliphatic rings. The summed E-state index contributed by atoms with van der Waals surface area (Å²) in [5.74, 6) is 3.96. The fraction of sp³-hybridized carbons (Fsp3) is 0.0769. The molecule has 0 saturated carbocycles. The Morgan fingerprint density at radius 3 is 2.75 bits per heavy atom. The van der Waals surface area contributed by atoms with Gasteiger partial charge in [0.05, 0.1) is 11.3 Å². The van der Waals surface area contributed by atoms with Crippen LogP contribution in [0.3, 0.4) is 0 Å². The molecule has 104 valence electrons. The highest BCUT2D eigenvalue weighted by Gasteiger charge is 2.07. The maximum Gasteiger partial charge on any atom is 0.266 e. The number of carbonyl (C=O) groups excluding carboxylic acids is 1. The Kier molecular flexibility index (Phi) is 4.65. The van der Waals surface area contributed by atoms with E-state index in [-0.39, 0.29) is 4.90 Å². The van der Waals surface area contributed by atoms with Crippen molar-refractivity contribution in [1.29, 1.82) is 0 Å². The Labute approximate surface area is 118 Å². The van der Waals surface area contributed by atoms with E-state index in [1.165, 1.54) is 6.20 Å². The second-order valence-electron chi connectivity index (χ2n) is 3.88. The number of hydrazine groups is 1. The highest BCUT2D eigenvalue weighted by atomic mass is 32.2. The van der Waals surface area contributed by atoms with E-state index in [2.05, 4.69) is 4.98 Å². The standard InChI is InChI=1S/C13H11F2N3OS/c14-9-2-4-11(15)12(5-9)20-7-10-3-1-8(6-17-10)13(19)18-16/h1-6H,7,16H2,(H,18,19). The third-order valence-corrected chi connectivity index (χ3v) is 3.55. The number of carbonyl (C=O) groups is 1. The Hall–Kier alpha value is -1.99. The molecule has 1 aromatic carbocycles. The molecule has 4 nitrogen and oxygen atoms in total. The zero-order valence-corrected chi connectivity index (χ0v) is 11.1. The van der Waals surface area contributed by atoms with Gasteiger partial charge in [-0.25, -0.2) is 14.6 Å². The van der Waals surface area contributed by atoms with Crippen molar-refractivity contribution in [1.82, 2.24) is 10.4 Å². The van der Waals surface area contributed by atoms with E-state index >= 15 is 0 Å². The van der Waals surface area contributed by atoms with Gasteiger partial charge in [-0.05, 0) is 30.3 Å². The minimum Gasteiger partial charge on any atom is -0.290 e. The summed E-state index contributed by atoms with van der Waals surface area (Å²) in [5.41, 5.74) is 2.97. The average Bonchev–Trinajstić information content (AvgIpc) is 2.48. The maximum absolute atomic E-state index is 13.4. The van der Waals surface area contributed by atoms with Gasteiger partial charge in [0.1, 0.15) is 11.6 Å². The fourth-order valence-corrected chi connectivity index (χ4v) is 2.34. The highest BCUT2D eigenvalue weighted by Crippen LogP contribution is 2.25. The summed E-state index contributed by atoms with van der Waals surface area (Å²) in [5, 5.41) is 0. The van der Waals surface area contributed by atoms with Crippen LogP contribution in [0, 0.1) is 11.6 Å². The smallest absolute Gasteiger partial charge is 0.266 e. The quantitative estimate of drug-likeness (QED) is 0.393. The van der Waals surface area contributed by atoms with E-state index in [0.29, 0.717) is 17.0 Å². The Morgan fingerprint density at radius 1 is 1.30 bits per heavy atom. The van der Waals surface area contributed by atoms with Gasteiger partial charge in [-0.1, -0.05) is 0 Å². The number of thioether (sulfide) groups is 1. The molecule has 20 heavy (non-hydrogen) atoms. The highest BCUT2D eigenvalue weighted by molar-refractivity contribution is 7.98. The number of rotatable bonds is 4. The molecule has 0 radical (unpaired) electrons. The number of amides is 1. The molecule has 0 bridgehead atoms. The van der Waals surface area contributed by atoms with Crippen LogP contribution in [0.1, 0.15) is 16.1 Å². The van der Waals surface area contributed by atoms with Crippen molar-refractivity contribution in [2.45, 2.75) is 10.6 Å². The molecule has 1 amide bonds. The van der Waals surface area contributed by atoms with Crippen molar-refractivity contribution in [3.8, 4) is 0 Å². The molecule has 1 aromatic heterocycles. The van der Waals surface area contributed by atoms with Crippen molar-refractivity contribution in [3.63, 3.8) is 0 Å². The summed E-state index contributed by atoms with van der Waals surface area (Å²) in [6, 6.07) is 6.48. The van der Waals surface area contributed by atoms with Gasteiger partial charge in [-0.15, -0.1) is 11.8 Å². The molecule has 1 heterocycles. The van der Waals surface area contributed by atoms with Crippen LogP contribution in [0.15, 0.2) is 41.4 Å². The first-order valence-corrected chi connectivity index (χ1v) is 6.62. The van der Waals surface area contributed by atoms with Gasteiger partial charge >= 0.3 is 0 Å². The Morgan fingerprint density at radius 2 is 2.10 bits per heavy atom. The molecule has 0 aliphatic heterocycles. The van der Waals surface area contributed by atoms with Gasteiger partial charge in [-0.3, -0.25) is 15.2 Å². The second kappa shape index (κ2) is 6.44. The van der Waals surface area contributed by atoms with Crippen LogP contribution in [0.4, 0.5) is 8.78 Å². The average molecular weight is 295 g/mol. The number of nitrogen functional groups attached to an aromatic ring is 1. The lowest BCUT2D eigenvalue weighted by Crippen LogP contribution is -2.30. The molecular weight excluding hydrogens is 284 g/mol. The van der Waals surface area contributed by atoms with Crippen LogP contribution in [-0.4, -0.2) is 10.9 Å². The summed E-state index contributed by atoms with van der Waals surface area (Å²) < 4.78 is 26.4. The lowest BCUT2D eigenvalue weighted by atomic mass is 10.2. The summed E-state index contributed by atoms with van der Waals surface area (Å²) in [6.45, 7) is 0. The van der Waals surface area contributed by atoms with Gasteiger partial charge in [0, 0.05) is 16.8 Å². The SMILES string of the molecule is NNC(=O)c1ccc(CSc2cc(F)ccc2F)nc1. The van der Waals surface area contributed by atoms with Gasteiger partial charge in [0.2, 0.25) is 0 Å². The summed E-state index contributed by atoms with van der Waals surface area (Å²) in [7, 11) is 0. The number of halogens is 2. The maximum atomic E-state index is 13.4. The van der Waals surface area contributed by atoms with E-state index in [1.807, 2.05) is 5.43 Å². The van der Waals surface area contributed by atoms with Crippen LogP contribution in [-0.2, 0) is 5.75 Å². The fourth-order valence-electron chi connectivity index (χ4n) is 1.47. The van der Waals surface area contributed by atoms with Crippen molar-refractivity contribution in [3.05, 3.63) is 59.4 Å². The van der Waals surface area contributed by atoms with Crippen LogP contribution >= 0.6 is 11.8 Å². The minimum atomic E-state index is -0.489. The molecule has 0 unspecified atom stereocenters. The number of hydrogen-bond donors (Lipinski definition) is 2. The van der Waals surface area contributed by atoms with E-state index in [4.69, 9.17) is 5.84 Å². The first-order valence-electron chi connectivity index (χ1n) is 5.64. The van der Waals surface area contributed by atoms with Crippen molar-refractivity contribution >= 4 is 17.7 Å². The summed E-state index contributed by atoms with van der Waals surface area (Å²) in [6.07, 6.45) is 1.38. The van der Waals surface area contributed by atoms with Crippen LogP contribution in [0.25, 0.3) is 0 Å². The first-order chi connectivity index (χ1) is 9.60. The minimum absolute atomic E-state index is 0.218. The molecule has 0 fully saturated rings. The van der Waals surface area contributed by atoms with Crippen molar-refractivity contribution in [2.75, 3.05) is 0 Å². The number of aromatic nitrogens is 1. The third kappa shape index (κ3) is 3.52. The number of pyridine rings is 1. The van der Waals surface area contributed by atoms with Crippen LogP contribution in [0.2, 0.25) is 0 Å². The molecule has 3 N–H and O–H groups in total. The molecule has 2 aromatic rings. The topological polar surface area (TPSA) is 68.0 Å². The number of nitrogens with zero attached hydrogens (tertiary/aromatic N) is 1. The monoisotopic (exact) mass is 295 g/mol. The summed E-state index contributed by atoms with van der Waals surface area (Å²) >= 11 is 1.13. The number of benzene rings is 1. The predicted octanol–water partition coefficient (Wildman–Crippen LogP) is 2.26. The lowest BCUT2D eigenvalue weighted by Gasteiger charge is -2.04. The normalized spacial score (nSPS) is 10.3. The number of nitrogens with two attached hydrogens (primary N) is 1.